The van der Waals surface area contributed by atoms with Crippen molar-refractivity contribution in [3.63, 3.8) is 0 Å². The van der Waals surface area contributed by atoms with Crippen LogP contribution >= 0.6 is 0 Å². The van der Waals surface area contributed by atoms with Crippen molar-refractivity contribution in [1.82, 2.24) is 5.32 Å². The summed E-state index contributed by atoms with van der Waals surface area (Å²) >= 11 is 0. The summed E-state index contributed by atoms with van der Waals surface area (Å²) in [7, 11) is 0. The van der Waals surface area contributed by atoms with Crippen molar-refractivity contribution in [2.75, 3.05) is 0 Å². The summed E-state index contributed by atoms with van der Waals surface area (Å²) in [5, 5.41) is 2.57. The van der Waals surface area contributed by atoms with Crippen LogP contribution in [0.25, 0.3) is 0 Å². The molecule has 0 bridgehead atoms. The number of nitrogens with one attached hydrogen (secondary N) is 1. The van der Waals surface area contributed by atoms with Crippen LogP contribution in [0.1, 0.15) is 65.7 Å². The monoisotopic (exact) mass is 265 g/mol. The Morgan fingerprint density at radius 3 is 2.68 bits per heavy atom. The van der Waals surface area contributed by atoms with Gasteiger partial charge in [0.25, 0.3) is 0 Å². The van der Waals surface area contributed by atoms with Crippen molar-refractivity contribution in [3.05, 3.63) is 0 Å². The number of piperidine rings is 1. The second kappa shape index (κ2) is 5.64. The molecule has 1 aliphatic carbocycles. The van der Waals surface area contributed by atoms with Crippen molar-refractivity contribution in [2.24, 2.45) is 23.2 Å². The molecule has 0 aromatic carbocycles. The second-order valence-corrected chi connectivity index (χ2v) is 6.76. The van der Waals surface area contributed by atoms with Crippen LogP contribution in [0.3, 0.4) is 0 Å². The van der Waals surface area contributed by atoms with Crippen LogP contribution in [0.15, 0.2) is 0 Å². The standard InChI is InChI=1S/C16H27NO2/c1-4-7-13-15(19)17-14(18)10-16(13)9-6-5-8-12(16)11(2)3/h11-13H,4-10H2,1-3H3,(H,17,18,19). The Morgan fingerprint density at radius 2 is 2.05 bits per heavy atom. The van der Waals surface area contributed by atoms with Gasteiger partial charge in [0.05, 0.1) is 0 Å². The lowest BCUT2D eigenvalue weighted by atomic mass is 9.53. The molecule has 1 saturated carbocycles. The molecular formula is C16H27NO2. The highest BCUT2D eigenvalue weighted by atomic mass is 16.2. The van der Waals surface area contributed by atoms with E-state index in [4.69, 9.17) is 0 Å². The summed E-state index contributed by atoms with van der Waals surface area (Å²) in [6, 6.07) is 0. The fourth-order valence-corrected chi connectivity index (χ4v) is 4.60. The first-order chi connectivity index (χ1) is 9.01. The summed E-state index contributed by atoms with van der Waals surface area (Å²) in [6.07, 6.45) is 7.15. The zero-order valence-electron chi connectivity index (χ0n) is 12.5. The lowest BCUT2D eigenvalue weighted by Gasteiger charge is -2.52. The topological polar surface area (TPSA) is 46.2 Å². The average Bonchev–Trinajstić information content (AvgIpc) is 2.34. The number of imide groups is 1. The van der Waals surface area contributed by atoms with Crippen LogP contribution in [-0.4, -0.2) is 11.8 Å². The average molecular weight is 265 g/mol. The largest absolute Gasteiger partial charge is 0.296 e. The lowest BCUT2D eigenvalue weighted by molar-refractivity contribution is -0.151. The van der Waals surface area contributed by atoms with E-state index in [1.807, 2.05) is 0 Å². The zero-order valence-corrected chi connectivity index (χ0v) is 12.5. The molecule has 0 aromatic rings. The molecule has 3 unspecified atom stereocenters. The van der Waals surface area contributed by atoms with Crippen LogP contribution in [0.4, 0.5) is 0 Å². The third-order valence-electron chi connectivity index (χ3n) is 5.29. The van der Waals surface area contributed by atoms with Gasteiger partial charge in [-0.2, -0.15) is 0 Å². The molecule has 1 saturated heterocycles. The molecule has 0 aromatic heterocycles. The van der Waals surface area contributed by atoms with Crippen molar-refractivity contribution < 1.29 is 9.59 Å². The summed E-state index contributed by atoms with van der Waals surface area (Å²) in [5.74, 6) is 1.06. The number of rotatable bonds is 3. The second-order valence-electron chi connectivity index (χ2n) is 6.76. The van der Waals surface area contributed by atoms with Gasteiger partial charge in [-0.3, -0.25) is 14.9 Å². The number of hydrogen-bond acceptors (Lipinski definition) is 2. The molecule has 3 nitrogen and oxygen atoms in total. The highest BCUT2D eigenvalue weighted by molar-refractivity contribution is 5.99. The van der Waals surface area contributed by atoms with Crippen molar-refractivity contribution in [2.45, 2.75) is 65.7 Å². The predicted molar refractivity (Wildman–Crippen MR) is 75.4 cm³/mol. The van der Waals surface area contributed by atoms with Crippen molar-refractivity contribution >= 4 is 11.8 Å². The fourth-order valence-electron chi connectivity index (χ4n) is 4.60. The molecule has 2 aliphatic rings. The Morgan fingerprint density at radius 1 is 1.32 bits per heavy atom. The molecule has 2 rings (SSSR count). The number of amides is 2. The van der Waals surface area contributed by atoms with Gasteiger partial charge in [-0.1, -0.05) is 40.0 Å². The van der Waals surface area contributed by atoms with E-state index in [-0.39, 0.29) is 23.1 Å². The third-order valence-corrected chi connectivity index (χ3v) is 5.29. The minimum Gasteiger partial charge on any atom is -0.296 e. The summed E-state index contributed by atoms with van der Waals surface area (Å²) in [5.41, 5.74) is -0.0537. The molecule has 0 radical (unpaired) electrons. The number of hydrogen-bond donors (Lipinski definition) is 1. The molecule has 1 N–H and O–H groups in total. The lowest BCUT2D eigenvalue weighted by Crippen LogP contribution is -2.56. The van der Waals surface area contributed by atoms with Gasteiger partial charge in [0.2, 0.25) is 11.8 Å². The Bertz CT molecular complexity index is 364. The molecule has 3 heteroatoms. The van der Waals surface area contributed by atoms with Gasteiger partial charge >= 0.3 is 0 Å². The Labute approximate surface area is 116 Å². The van der Waals surface area contributed by atoms with Crippen molar-refractivity contribution in [3.8, 4) is 0 Å². The Balaban J connectivity index is 2.37. The van der Waals surface area contributed by atoms with Crippen LogP contribution in [0, 0.1) is 23.2 Å². The van der Waals surface area contributed by atoms with E-state index in [2.05, 4.69) is 26.1 Å². The first-order valence-electron chi connectivity index (χ1n) is 7.85. The van der Waals surface area contributed by atoms with Crippen LogP contribution in [-0.2, 0) is 9.59 Å². The smallest absolute Gasteiger partial charge is 0.230 e. The fraction of sp³-hybridized carbons (Fsp3) is 0.875. The third kappa shape index (κ3) is 2.56. The van der Waals surface area contributed by atoms with Gasteiger partial charge in [-0.15, -0.1) is 0 Å². The van der Waals surface area contributed by atoms with E-state index in [1.54, 1.807) is 0 Å². The predicted octanol–water partition coefficient (Wildman–Crippen LogP) is 3.28. The molecule has 1 aliphatic heterocycles. The van der Waals surface area contributed by atoms with E-state index in [9.17, 15) is 9.59 Å². The van der Waals surface area contributed by atoms with E-state index < -0.39 is 0 Å². The van der Waals surface area contributed by atoms with E-state index in [0.717, 1.165) is 19.3 Å². The van der Waals surface area contributed by atoms with Gasteiger partial charge < -0.3 is 0 Å². The molecule has 2 amide bonds. The van der Waals surface area contributed by atoms with E-state index in [0.29, 0.717) is 18.3 Å². The number of carbonyl (C=O) groups is 2. The van der Waals surface area contributed by atoms with Crippen LogP contribution < -0.4 is 5.32 Å². The molecule has 2 fully saturated rings. The molecule has 108 valence electrons. The van der Waals surface area contributed by atoms with E-state index in [1.165, 1.54) is 19.3 Å². The maximum Gasteiger partial charge on any atom is 0.230 e. The molecule has 3 atom stereocenters. The molecule has 19 heavy (non-hydrogen) atoms. The highest BCUT2D eigenvalue weighted by Gasteiger charge is 2.53. The summed E-state index contributed by atoms with van der Waals surface area (Å²) < 4.78 is 0. The minimum atomic E-state index is -0.0537. The SMILES string of the molecule is CCCC1C(=O)NC(=O)CC12CCCCC2C(C)C. The van der Waals surface area contributed by atoms with Crippen LogP contribution in [0.5, 0.6) is 0 Å². The molecular weight excluding hydrogens is 238 g/mol. The van der Waals surface area contributed by atoms with Gasteiger partial charge in [-0.05, 0) is 36.5 Å². The van der Waals surface area contributed by atoms with E-state index >= 15 is 0 Å². The first-order valence-corrected chi connectivity index (χ1v) is 7.85. The summed E-state index contributed by atoms with van der Waals surface area (Å²) in [4.78, 5) is 24.2. The van der Waals surface area contributed by atoms with Gasteiger partial charge in [0.1, 0.15) is 0 Å². The maximum atomic E-state index is 12.3. The summed E-state index contributed by atoms with van der Waals surface area (Å²) in [6.45, 7) is 6.63. The minimum absolute atomic E-state index is 0.00866. The van der Waals surface area contributed by atoms with Gasteiger partial charge in [-0.25, -0.2) is 0 Å². The zero-order chi connectivity index (χ0) is 14.0. The van der Waals surface area contributed by atoms with Gasteiger partial charge in [0, 0.05) is 12.3 Å². The first kappa shape index (κ1) is 14.5. The Kier molecular flexibility index (Phi) is 4.32. The van der Waals surface area contributed by atoms with Crippen molar-refractivity contribution in [1.29, 1.82) is 0 Å². The number of carbonyl (C=O) groups excluding carboxylic acids is 2. The Hall–Kier alpha value is -0.860. The molecule has 1 heterocycles. The quantitative estimate of drug-likeness (QED) is 0.796. The highest BCUT2D eigenvalue weighted by Crippen LogP contribution is 2.54. The van der Waals surface area contributed by atoms with Gasteiger partial charge in [0.15, 0.2) is 0 Å². The van der Waals surface area contributed by atoms with Crippen LogP contribution in [0.2, 0.25) is 0 Å². The maximum absolute atomic E-state index is 12.3. The molecule has 1 spiro atoms. The normalized spacial score (nSPS) is 35.8.